The van der Waals surface area contributed by atoms with Gasteiger partial charge in [0, 0.05) is 23.3 Å². The van der Waals surface area contributed by atoms with Crippen molar-refractivity contribution in [2.24, 2.45) is 0 Å². The maximum Gasteiger partial charge on any atom is 0.0443 e. The zero-order chi connectivity index (χ0) is 23.0. The van der Waals surface area contributed by atoms with Crippen LogP contribution in [-0.2, 0) is 11.8 Å². The molecule has 1 nitrogen and oxygen atoms in total. The molecule has 1 heteroatoms. The van der Waals surface area contributed by atoms with Gasteiger partial charge in [-0.05, 0) is 87.3 Å². The molecule has 0 fully saturated rings. The van der Waals surface area contributed by atoms with E-state index < -0.39 is 0 Å². The Morgan fingerprint density at radius 2 is 1.59 bits per heavy atom. The molecule has 0 amide bonds. The van der Waals surface area contributed by atoms with E-state index in [2.05, 4.69) is 111 Å². The minimum absolute atomic E-state index is 0.0214. The van der Waals surface area contributed by atoms with Crippen LogP contribution in [0.1, 0.15) is 42.5 Å². The molecular weight excluding hydrogens is 410 g/mol. The predicted molar refractivity (Wildman–Crippen MR) is 146 cm³/mol. The third-order valence-electron chi connectivity index (χ3n) is 8.21. The number of hydrogen-bond donors (Lipinski definition) is 0. The van der Waals surface area contributed by atoms with E-state index in [-0.39, 0.29) is 5.41 Å². The summed E-state index contributed by atoms with van der Waals surface area (Å²) in [5.74, 6) is 0. The van der Waals surface area contributed by atoms with E-state index >= 15 is 0 Å². The molecule has 1 aliphatic carbocycles. The monoisotopic (exact) mass is 439 g/mol. The van der Waals surface area contributed by atoms with Gasteiger partial charge >= 0.3 is 0 Å². The predicted octanol–water partition coefficient (Wildman–Crippen LogP) is 8.69. The molecule has 0 radical (unpaired) electrons. The summed E-state index contributed by atoms with van der Waals surface area (Å²) in [4.78, 5) is 2.53. The van der Waals surface area contributed by atoms with Gasteiger partial charge in [-0.15, -0.1) is 0 Å². The molecule has 0 aromatic heterocycles. The van der Waals surface area contributed by atoms with E-state index in [1.54, 1.807) is 0 Å². The van der Waals surface area contributed by atoms with Gasteiger partial charge in [-0.25, -0.2) is 0 Å². The molecule has 0 saturated heterocycles. The molecule has 0 bridgehead atoms. The molecule has 0 saturated carbocycles. The van der Waals surface area contributed by atoms with Crippen LogP contribution in [0.5, 0.6) is 0 Å². The Bertz CT molecular complexity index is 1620. The van der Waals surface area contributed by atoms with Gasteiger partial charge in [-0.2, -0.15) is 0 Å². The second-order valence-electron chi connectivity index (χ2n) is 10.6. The summed E-state index contributed by atoms with van der Waals surface area (Å²) in [7, 11) is 0. The number of fused-ring (bicyclic) bond motifs is 8. The quantitative estimate of drug-likeness (QED) is 0.236. The van der Waals surface area contributed by atoms with Crippen LogP contribution >= 0.6 is 0 Å². The van der Waals surface area contributed by atoms with E-state index in [9.17, 15) is 0 Å². The average Bonchev–Trinajstić information content (AvgIpc) is 3.09. The Morgan fingerprint density at radius 1 is 0.735 bits per heavy atom. The Kier molecular flexibility index (Phi) is 4.06. The highest BCUT2D eigenvalue weighted by atomic mass is 15.1. The maximum atomic E-state index is 2.53. The fourth-order valence-corrected chi connectivity index (χ4v) is 6.47. The van der Waals surface area contributed by atoms with Crippen LogP contribution in [0.25, 0.3) is 32.7 Å². The first-order chi connectivity index (χ1) is 16.5. The molecule has 34 heavy (non-hydrogen) atoms. The highest BCUT2D eigenvalue weighted by Crippen LogP contribution is 2.53. The lowest BCUT2D eigenvalue weighted by atomic mass is 9.81. The van der Waals surface area contributed by atoms with Gasteiger partial charge in [-0.1, -0.05) is 86.1 Å². The second-order valence-corrected chi connectivity index (χ2v) is 10.6. The first-order valence-corrected chi connectivity index (χ1v) is 12.5. The molecule has 7 rings (SSSR count). The molecule has 5 aromatic rings. The normalized spacial score (nSPS) is 15.9. The van der Waals surface area contributed by atoms with Crippen LogP contribution in [0.3, 0.4) is 0 Å². The summed E-state index contributed by atoms with van der Waals surface area (Å²) in [6.07, 6.45) is 2.38. The fraction of sp³-hybridized carbons (Fsp3) is 0.212. The van der Waals surface area contributed by atoms with Crippen molar-refractivity contribution in [3.8, 4) is 11.1 Å². The van der Waals surface area contributed by atoms with Crippen molar-refractivity contribution in [1.29, 1.82) is 0 Å². The van der Waals surface area contributed by atoms with Crippen LogP contribution in [0.2, 0.25) is 0 Å². The van der Waals surface area contributed by atoms with Crippen LogP contribution in [0.15, 0.2) is 84.9 Å². The van der Waals surface area contributed by atoms with Crippen LogP contribution in [0, 0.1) is 6.92 Å². The summed E-state index contributed by atoms with van der Waals surface area (Å²) < 4.78 is 0. The number of rotatable bonds is 1. The molecule has 1 heterocycles. The standard InChI is InChI=1S/C33H29N/c1-21-10-17-31-23(19-21)8-6-18-34(31)24-12-14-28-30(20-24)33(2,3)29-16-15-26-25-9-5-4-7-22(25)11-13-27(26)32(28)29/h4-5,7,9-17,19-20H,6,8,18H2,1-3H3. The first-order valence-electron chi connectivity index (χ1n) is 12.5. The van der Waals surface area contributed by atoms with E-state index in [1.165, 1.54) is 79.1 Å². The van der Waals surface area contributed by atoms with Gasteiger partial charge in [0.1, 0.15) is 0 Å². The smallest absolute Gasteiger partial charge is 0.0443 e. The van der Waals surface area contributed by atoms with E-state index in [0.717, 1.165) is 6.54 Å². The molecular formula is C33H29N. The molecule has 166 valence electrons. The molecule has 5 aromatic carbocycles. The summed E-state index contributed by atoms with van der Waals surface area (Å²) in [5, 5.41) is 5.37. The van der Waals surface area contributed by atoms with E-state index in [0.29, 0.717) is 0 Å². The topological polar surface area (TPSA) is 3.24 Å². The van der Waals surface area contributed by atoms with Crippen molar-refractivity contribution >= 4 is 32.9 Å². The van der Waals surface area contributed by atoms with Crippen LogP contribution in [-0.4, -0.2) is 6.54 Å². The van der Waals surface area contributed by atoms with Crippen LogP contribution in [0.4, 0.5) is 11.4 Å². The molecule has 0 N–H and O–H groups in total. The average molecular weight is 440 g/mol. The van der Waals surface area contributed by atoms with Crippen LogP contribution < -0.4 is 4.90 Å². The summed E-state index contributed by atoms with van der Waals surface area (Å²) in [5.41, 5.74) is 11.2. The third kappa shape index (κ3) is 2.67. The minimum atomic E-state index is -0.0214. The highest BCUT2D eigenvalue weighted by molar-refractivity contribution is 6.14. The zero-order valence-corrected chi connectivity index (χ0v) is 20.2. The number of anilines is 2. The zero-order valence-electron chi connectivity index (χ0n) is 20.2. The van der Waals surface area contributed by atoms with E-state index in [4.69, 9.17) is 0 Å². The Morgan fingerprint density at radius 3 is 2.50 bits per heavy atom. The van der Waals surface area contributed by atoms with E-state index in [1.807, 2.05) is 0 Å². The number of hydrogen-bond acceptors (Lipinski definition) is 1. The van der Waals surface area contributed by atoms with Crippen molar-refractivity contribution < 1.29 is 0 Å². The Balaban J connectivity index is 1.43. The number of benzene rings is 5. The summed E-state index contributed by atoms with van der Waals surface area (Å²) in [6.45, 7) is 8.06. The van der Waals surface area contributed by atoms with Crippen molar-refractivity contribution in [3.63, 3.8) is 0 Å². The molecule has 2 aliphatic rings. The van der Waals surface area contributed by atoms with Gasteiger partial charge in [-0.3, -0.25) is 0 Å². The lowest BCUT2D eigenvalue weighted by molar-refractivity contribution is 0.660. The van der Waals surface area contributed by atoms with Crippen molar-refractivity contribution in [1.82, 2.24) is 0 Å². The largest absolute Gasteiger partial charge is 0.341 e. The lowest BCUT2D eigenvalue weighted by Gasteiger charge is -2.33. The van der Waals surface area contributed by atoms with Gasteiger partial charge in [0.25, 0.3) is 0 Å². The summed E-state index contributed by atoms with van der Waals surface area (Å²) in [6, 6.07) is 32.2. The maximum absolute atomic E-state index is 2.53. The van der Waals surface area contributed by atoms with Gasteiger partial charge in [0.05, 0.1) is 0 Å². The van der Waals surface area contributed by atoms with Gasteiger partial charge in [0.15, 0.2) is 0 Å². The van der Waals surface area contributed by atoms with Crippen molar-refractivity contribution in [2.45, 2.75) is 39.0 Å². The highest BCUT2D eigenvalue weighted by Gasteiger charge is 2.37. The van der Waals surface area contributed by atoms with Gasteiger partial charge in [0.2, 0.25) is 0 Å². The number of aryl methyl sites for hydroxylation is 2. The van der Waals surface area contributed by atoms with Crippen molar-refractivity contribution in [3.05, 3.63) is 107 Å². The fourth-order valence-electron chi connectivity index (χ4n) is 6.47. The third-order valence-corrected chi connectivity index (χ3v) is 8.21. The van der Waals surface area contributed by atoms with Gasteiger partial charge < -0.3 is 4.90 Å². The first kappa shape index (κ1) is 19.9. The lowest BCUT2D eigenvalue weighted by Crippen LogP contribution is -2.25. The minimum Gasteiger partial charge on any atom is -0.341 e. The molecule has 1 aliphatic heterocycles. The number of nitrogens with zero attached hydrogens (tertiary/aromatic N) is 1. The SMILES string of the molecule is Cc1ccc2c(c1)CCCN2c1ccc2c(c1)C(C)(C)c1ccc3c(ccc4ccccc43)c1-2. The molecule has 0 unspecified atom stereocenters. The Hall–Kier alpha value is -3.58. The Labute approximate surface area is 201 Å². The molecule has 0 atom stereocenters. The summed E-state index contributed by atoms with van der Waals surface area (Å²) >= 11 is 0. The molecule has 0 spiro atoms. The second kappa shape index (κ2) is 6.96. The van der Waals surface area contributed by atoms with Crippen molar-refractivity contribution in [2.75, 3.05) is 11.4 Å².